The lowest BCUT2D eigenvalue weighted by atomic mass is 10.1. The molecule has 0 saturated carbocycles. The number of nitrogen functional groups attached to an aromatic ring is 1. The minimum Gasteiger partial charge on any atom is -0.383 e. The monoisotopic (exact) mass is 344 g/mol. The van der Waals surface area contributed by atoms with Gasteiger partial charge in [0.2, 0.25) is 0 Å². The van der Waals surface area contributed by atoms with Crippen molar-refractivity contribution in [3.8, 4) is 11.4 Å². The lowest BCUT2D eigenvalue weighted by molar-refractivity contribution is 0.181. The van der Waals surface area contributed by atoms with Crippen LogP contribution in [0.4, 0.5) is 5.82 Å². The smallest absolute Gasteiger partial charge is 0.164 e. The molecule has 0 aliphatic heterocycles. The molecule has 106 valence electrons. The van der Waals surface area contributed by atoms with E-state index >= 15 is 0 Å². The largest absolute Gasteiger partial charge is 0.383 e. The summed E-state index contributed by atoms with van der Waals surface area (Å²) in [6.07, 6.45) is 3.57. The lowest BCUT2D eigenvalue weighted by Crippen LogP contribution is -2.04. The molecule has 21 heavy (non-hydrogen) atoms. The van der Waals surface area contributed by atoms with E-state index in [0.29, 0.717) is 28.4 Å². The maximum absolute atomic E-state index is 5.96. The van der Waals surface area contributed by atoms with Gasteiger partial charge in [0.15, 0.2) is 5.82 Å². The first-order chi connectivity index (χ1) is 10.2. The summed E-state index contributed by atoms with van der Waals surface area (Å²) in [5.74, 6) is 0.937. The van der Waals surface area contributed by atoms with Gasteiger partial charge >= 0.3 is 0 Å². The van der Waals surface area contributed by atoms with E-state index < -0.39 is 0 Å². The van der Waals surface area contributed by atoms with Gasteiger partial charge in [-0.2, -0.15) is 0 Å². The van der Waals surface area contributed by atoms with Crippen molar-refractivity contribution in [3.63, 3.8) is 0 Å². The molecule has 0 fully saturated rings. The zero-order valence-corrected chi connectivity index (χ0v) is 13.0. The molecule has 0 unspecified atom stereocenters. The summed E-state index contributed by atoms with van der Waals surface area (Å²) >= 11 is 3.39. The molecule has 0 atom stereocenters. The second-order valence-corrected chi connectivity index (χ2v) is 5.33. The highest BCUT2D eigenvalue weighted by atomic mass is 79.9. The van der Waals surface area contributed by atoms with Gasteiger partial charge in [0.05, 0.1) is 16.8 Å². The van der Waals surface area contributed by atoms with E-state index in [1.807, 2.05) is 30.5 Å². The van der Waals surface area contributed by atoms with Crippen LogP contribution < -0.4 is 5.73 Å². The first-order valence-corrected chi connectivity index (χ1v) is 7.14. The van der Waals surface area contributed by atoms with Gasteiger partial charge in [-0.1, -0.05) is 24.3 Å². The molecule has 0 spiro atoms. The van der Waals surface area contributed by atoms with E-state index in [-0.39, 0.29) is 0 Å². The number of hydrogen-bond donors (Lipinski definition) is 1. The third-order valence-corrected chi connectivity index (χ3v) is 4.00. The van der Waals surface area contributed by atoms with Gasteiger partial charge in [-0.05, 0) is 21.3 Å². The summed E-state index contributed by atoms with van der Waals surface area (Å²) in [4.78, 5) is 13.2. The molecule has 6 heteroatoms. The molecule has 2 aromatic heterocycles. The summed E-state index contributed by atoms with van der Waals surface area (Å²) in [7, 11) is 1.61. The van der Waals surface area contributed by atoms with Gasteiger partial charge in [0, 0.05) is 30.5 Å². The van der Waals surface area contributed by atoms with Crippen LogP contribution in [0.2, 0.25) is 0 Å². The quantitative estimate of drug-likeness (QED) is 0.789. The molecule has 0 saturated heterocycles. The Morgan fingerprint density at radius 1 is 1.19 bits per heavy atom. The number of aromatic nitrogens is 3. The van der Waals surface area contributed by atoms with Crippen LogP contribution in [0.25, 0.3) is 22.2 Å². The topological polar surface area (TPSA) is 73.9 Å². The van der Waals surface area contributed by atoms with E-state index in [0.717, 1.165) is 16.3 Å². The van der Waals surface area contributed by atoms with Gasteiger partial charge < -0.3 is 10.5 Å². The third-order valence-electron chi connectivity index (χ3n) is 3.14. The molecule has 0 amide bonds. The number of anilines is 1. The predicted octanol–water partition coefficient (Wildman–Crippen LogP) is 3.18. The normalized spacial score (nSPS) is 11.0. The van der Waals surface area contributed by atoms with Crippen molar-refractivity contribution in [2.24, 2.45) is 0 Å². The van der Waals surface area contributed by atoms with Crippen LogP contribution in [0.15, 0.2) is 41.1 Å². The van der Waals surface area contributed by atoms with E-state index in [2.05, 4.69) is 30.9 Å². The molecule has 0 bridgehead atoms. The van der Waals surface area contributed by atoms with Crippen LogP contribution in [-0.4, -0.2) is 22.1 Å². The number of halogens is 1. The minimum absolute atomic E-state index is 0.360. The summed E-state index contributed by atoms with van der Waals surface area (Å²) in [5, 5.41) is 2.07. The van der Waals surface area contributed by atoms with E-state index in [4.69, 9.17) is 10.5 Å². The molecule has 5 nitrogen and oxygen atoms in total. The predicted molar refractivity (Wildman–Crippen MR) is 85.6 cm³/mol. The van der Waals surface area contributed by atoms with Crippen molar-refractivity contribution in [2.45, 2.75) is 6.61 Å². The Kier molecular flexibility index (Phi) is 3.81. The Balaban J connectivity index is 2.23. The number of hydrogen-bond acceptors (Lipinski definition) is 5. The SMILES string of the molecule is COCc1nc(-c2cncc3ccccc23)nc(N)c1Br. The highest BCUT2D eigenvalue weighted by Crippen LogP contribution is 2.29. The average molecular weight is 345 g/mol. The van der Waals surface area contributed by atoms with Crippen LogP contribution in [0.1, 0.15) is 5.69 Å². The number of methoxy groups -OCH3 is 1. The van der Waals surface area contributed by atoms with E-state index in [9.17, 15) is 0 Å². The van der Waals surface area contributed by atoms with Gasteiger partial charge in [-0.25, -0.2) is 9.97 Å². The van der Waals surface area contributed by atoms with Gasteiger partial charge in [-0.3, -0.25) is 4.98 Å². The second-order valence-electron chi connectivity index (χ2n) is 4.53. The fraction of sp³-hybridized carbons (Fsp3) is 0.133. The van der Waals surface area contributed by atoms with Crippen LogP contribution in [0.3, 0.4) is 0 Å². The summed E-state index contributed by atoms with van der Waals surface area (Å²) < 4.78 is 5.82. The van der Waals surface area contributed by atoms with Crippen molar-refractivity contribution in [1.82, 2.24) is 15.0 Å². The third kappa shape index (κ3) is 2.59. The second kappa shape index (κ2) is 5.75. The van der Waals surface area contributed by atoms with Gasteiger partial charge in [0.25, 0.3) is 0 Å². The molecule has 0 aliphatic rings. The number of nitrogens with two attached hydrogens (primary N) is 1. The zero-order chi connectivity index (χ0) is 14.8. The first kappa shape index (κ1) is 13.9. The van der Waals surface area contributed by atoms with Crippen LogP contribution in [0, 0.1) is 0 Å². The summed E-state index contributed by atoms with van der Waals surface area (Å²) in [6.45, 7) is 0.360. The number of benzene rings is 1. The fourth-order valence-corrected chi connectivity index (χ4v) is 2.45. The molecule has 0 aliphatic carbocycles. The zero-order valence-electron chi connectivity index (χ0n) is 11.4. The Bertz CT molecular complexity index is 802. The average Bonchev–Trinajstić information content (AvgIpc) is 2.51. The number of nitrogens with zero attached hydrogens (tertiary/aromatic N) is 3. The Labute approximate surface area is 130 Å². The number of rotatable bonds is 3. The lowest BCUT2D eigenvalue weighted by Gasteiger charge is -2.10. The minimum atomic E-state index is 0.360. The standard InChI is InChI=1S/C15H13BrN4O/c1-21-8-12-13(16)14(17)20-15(19-12)11-7-18-6-9-4-2-3-5-10(9)11/h2-7H,8H2,1H3,(H2,17,19,20). The van der Waals surface area contributed by atoms with Crippen molar-refractivity contribution in [1.29, 1.82) is 0 Å². The van der Waals surface area contributed by atoms with Gasteiger partial charge in [-0.15, -0.1) is 0 Å². The van der Waals surface area contributed by atoms with Crippen LogP contribution in [0.5, 0.6) is 0 Å². The van der Waals surface area contributed by atoms with Gasteiger partial charge in [0.1, 0.15) is 5.82 Å². The summed E-state index contributed by atoms with van der Waals surface area (Å²) in [5.41, 5.74) is 7.53. The summed E-state index contributed by atoms with van der Waals surface area (Å²) in [6, 6.07) is 7.97. The number of fused-ring (bicyclic) bond motifs is 1. The molecule has 2 N–H and O–H groups in total. The maximum Gasteiger partial charge on any atom is 0.164 e. The van der Waals surface area contributed by atoms with Crippen molar-refractivity contribution >= 4 is 32.5 Å². The molecule has 1 aromatic carbocycles. The molecule has 0 radical (unpaired) electrons. The van der Waals surface area contributed by atoms with Crippen molar-refractivity contribution in [3.05, 3.63) is 46.8 Å². The maximum atomic E-state index is 5.96. The fourth-order valence-electron chi connectivity index (χ4n) is 2.16. The Morgan fingerprint density at radius 2 is 2.00 bits per heavy atom. The Morgan fingerprint density at radius 3 is 2.81 bits per heavy atom. The highest BCUT2D eigenvalue weighted by Gasteiger charge is 2.13. The number of ether oxygens (including phenoxy) is 1. The molecule has 2 heterocycles. The van der Waals surface area contributed by atoms with Crippen molar-refractivity contribution in [2.75, 3.05) is 12.8 Å². The van der Waals surface area contributed by atoms with Crippen molar-refractivity contribution < 1.29 is 4.74 Å². The highest BCUT2D eigenvalue weighted by molar-refractivity contribution is 9.10. The van der Waals surface area contributed by atoms with Crippen LogP contribution >= 0.6 is 15.9 Å². The molecular weight excluding hydrogens is 332 g/mol. The molecule has 3 aromatic rings. The number of pyridine rings is 1. The first-order valence-electron chi connectivity index (χ1n) is 6.34. The Hall–Kier alpha value is -2.05. The molecule has 3 rings (SSSR count). The van der Waals surface area contributed by atoms with E-state index in [1.165, 1.54) is 0 Å². The molecular formula is C15H13BrN4O. The van der Waals surface area contributed by atoms with E-state index in [1.54, 1.807) is 13.3 Å². The van der Waals surface area contributed by atoms with Crippen LogP contribution in [-0.2, 0) is 11.3 Å².